The molecule has 0 radical (unpaired) electrons. The second-order valence-electron chi connectivity index (χ2n) is 8.04. The Morgan fingerprint density at radius 3 is 2.46 bits per heavy atom. The quantitative estimate of drug-likeness (QED) is 0.845. The van der Waals surface area contributed by atoms with Gasteiger partial charge in [-0.15, -0.1) is 0 Å². The molecule has 4 heterocycles. The Morgan fingerprint density at radius 2 is 1.82 bits per heavy atom. The molecule has 0 saturated carbocycles. The van der Waals surface area contributed by atoms with Crippen LogP contribution < -0.4 is 20.9 Å². The van der Waals surface area contributed by atoms with Crippen LogP contribution >= 0.6 is 0 Å². The summed E-state index contributed by atoms with van der Waals surface area (Å²) in [6.45, 7) is 5.89. The summed E-state index contributed by atoms with van der Waals surface area (Å²) in [5.74, 6) is 0.724. The van der Waals surface area contributed by atoms with Crippen LogP contribution in [0.4, 0.5) is 17.2 Å². The number of amides is 1. The van der Waals surface area contributed by atoms with Crippen molar-refractivity contribution in [1.29, 1.82) is 0 Å². The number of nitrogens with zero attached hydrogens (tertiary/aromatic N) is 4. The number of rotatable bonds is 3. The van der Waals surface area contributed by atoms with Crippen LogP contribution in [0.5, 0.6) is 0 Å². The molecule has 1 amide bonds. The number of likely N-dealkylation sites (N-methyl/N-ethyl adjacent to an activating group) is 1. The molecular formula is C21H26N6O. The standard InChI is InChI=1S/C21H26N6O/c1-25-8-10-26(11-9-25)16-4-2-14(3-5-16)17-12-18-19(21(28)24-18)20(23-17)27-7-6-15(22)13-27/h2-5,12,15H,6-11,13,22H2,1H3,(H,24,28). The molecule has 2 fully saturated rings. The van der Waals surface area contributed by atoms with Crippen molar-refractivity contribution in [2.45, 2.75) is 12.5 Å². The molecule has 5 rings (SSSR count). The van der Waals surface area contributed by atoms with E-state index in [9.17, 15) is 4.79 Å². The van der Waals surface area contributed by atoms with Crippen molar-refractivity contribution >= 4 is 23.1 Å². The molecule has 2 aromatic rings. The summed E-state index contributed by atoms with van der Waals surface area (Å²) in [7, 11) is 2.17. The zero-order chi connectivity index (χ0) is 19.3. The van der Waals surface area contributed by atoms with Gasteiger partial charge in [0.15, 0.2) is 0 Å². The van der Waals surface area contributed by atoms with Gasteiger partial charge in [0.25, 0.3) is 5.91 Å². The molecule has 28 heavy (non-hydrogen) atoms. The van der Waals surface area contributed by atoms with Gasteiger partial charge >= 0.3 is 0 Å². The Balaban J connectivity index is 1.43. The molecule has 1 aromatic carbocycles. The summed E-state index contributed by atoms with van der Waals surface area (Å²) < 4.78 is 0. The van der Waals surface area contributed by atoms with Crippen molar-refractivity contribution in [1.82, 2.24) is 9.88 Å². The van der Waals surface area contributed by atoms with Crippen LogP contribution in [0.3, 0.4) is 0 Å². The third kappa shape index (κ3) is 3.00. The highest BCUT2D eigenvalue weighted by molar-refractivity contribution is 6.21. The van der Waals surface area contributed by atoms with E-state index >= 15 is 0 Å². The van der Waals surface area contributed by atoms with Gasteiger partial charge in [-0.3, -0.25) is 4.79 Å². The maximum Gasteiger partial charge on any atom is 0.261 e. The summed E-state index contributed by atoms with van der Waals surface area (Å²) in [5, 5.41) is 2.89. The van der Waals surface area contributed by atoms with Gasteiger partial charge in [0.05, 0.1) is 11.4 Å². The zero-order valence-corrected chi connectivity index (χ0v) is 16.2. The lowest BCUT2D eigenvalue weighted by Gasteiger charge is -2.34. The van der Waals surface area contributed by atoms with Gasteiger partial charge in [0.1, 0.15) is 11.4 Å². The number of nitrogens with two attached hydrogens (primary N) is 1. The summed E-state index contributed by atoms with van der Waals surface area (Å²) in [4.78, 5) is 23.8. The average Bonchev–Trinajstić information content (AvgIpc) is 3.13. The predicted octanol–water partition coefficient (Wildman–Crippen LogP) is 1.60. The second-order valence-corrected chi connectivity index (χ2v) is 8.04. The van der Waals surface area contributed by atoms with E-state index in [1.807, 2.05) is 6.07 Å². The van der Waals surface area contributed by atoms with Gasteiger partial charge in [-0.2, -0.15) is 0 Å². The van der Waals surface area contributed by atoms with E-state index < -0.39 is 0 Å². The first-order valence-corrected chi connectivity index (χ1v) is 9.99. The number of hydrogen-bond acceptors (Lipinski definition) is 6. The molecule has 7 heteroatoms. The van der Waals surface area contributed by atoms with Crippen LogP contribution in [0, 0.1) is 0 Å². The minimum atomic E-state index is -0.0464. The molecule has 0 aliphatic carbocycles. The number of piperazine rings is 1. The Morgan fingerprint density at radius 1 is 1.07 bits per heavy atom. The van der Waals surface area contributed by atoms with Crippen LogP contribution in [0.1, 0.15) is 16.8 Å². The zero-order valence-electron chi connectivity index (χ0n) is 16.2. The molecule has 0 spiro atoms. The Bertz CT molecular complexity index is 904. The maximum atomic E-state index is 12.1. The van der Waals surface area contributed by atoms with Crippen molar-refractivity contribution in [3.8, 4) is 11.3 Å². The fraction of sp³-hybridized carbons (Fsp3) is 0.429. The van der Waals surface area contributed by atoms with E-state index in [0.29, 0.717) is 5.56 Å². The average molecular weight is 378 g/mol. The molecule has 3 N–H and O–H groups in total. The van der Waals surface area contributed by atoms with E-state index in [1.54, 1.807) is 0 Å². The number of aromatic nitrogens is 1. The summed E-state index contributed by atoms with van der Waals surface area (Å²) in [6, 6.07) is 10.7. The molecule has 3 aliphatic heterocycles. The van der Waals surface area contributed by atoms with E-state index in [2.05, 4.69) is 51.3 Å². The van der Waals surface area contributed by atoms with Gasteiger partial charge in [-0.05, 0) is 31.7 Å². The number of pyridine rings is 1. The number of carbonyl (C=O) groups is 1. The van der Waals surface area contributed by atoms with Crippen molar-refractivity contribution in [2.24, 2.45) is 5.73 Å². The highest BCUT2D eigenvalue weighted by Gasteiger charge is 2.33. The minimum absolute atomic E-state index is 0.0464. The van der Waals surface area contributed by atoms with E-state index in [4.69, 9.17) is 10.7 Å². The van der Waals surface area contributed by atoms with Crippen molar-refractivity contribution in [3.63, 3.8) is 0 Å². The lowest BCUT2D eigenvalue weighted by molar-refractivity contribution is 0.101. The van der Waals surface area contributed by atoms with Crippen molar-refractivity contribution < 1.29 is 4.79 Å². The summed E-state index contributed by atoms with van der Waals surface area (Å²) in [5.41, 5.74) is 10.8. The Kier molecular flexibility index (Phi) is 4.21. The van der Waals surface area contributed by atoms with E-state index in [0.717, 1.165) is 68.5 Å². The Labute approximate surface area is 165 Å². The molecule has 0 bridgehead atoms. The molecule has 146 valence electrons. The van der Waals surface area contributed by atoms with Gasteiger partial charge in [0, 0.05) is 56.6 Å². The van der Waals surface area contributed by atoms with Gasteiger partial charge in [-0.1, -0.05) is 12.1 Å². The molecule has 2 saturated heterocycles. The summed E-state index contributed by atoms with van der Waals surface area (Å²) >= 11 is 0. The Hall–Kier alpha value is -2.64. The van der Waals surface area contributed by atoms with Gasteiger partial charge in [0.2, 0.25) is 0 Å². The number of carbonyl (C=O) groups excluding carboxylic acids is 1. The van der Waals surface area contributed by atoms with Crippen LogP contribution in [0.2, 0.25) is 0 Å². The third-order valence-corrected chi connectivity index (χ3v) is 6.03. The third-order valence-electron chi connectivity index (χ3n) is 6.03. The lowest BCUT2D eigenvalue weighted by atomic mass is 10.0. The van der Waals surface area contributed by atoms with Crippen LogP contribution in [0.25, 0.3) is 11.3 Å². The first kappa shape index (κ1) is 17.5. The van der Waals surface area contributed by atoms with Crippen molar-refractivity contribution in [3.05, 3.63) is 35.9 Å². The van der Waals surface area contributed by atoms with E-state index in [-0.39, 0.29) is 11.9 Å². The van der Waals surface area contributed by atoms with Crippen LogP contribution in [-0.2, 0) is 0 Å². The molecule has 1 aromatic heterocycles. The normalized spacial score (nSPS) is 22.1. The number of nitrogens with one attached hydrogen (secondary N) is 1. The first-order chi connectivity index (χ1) is 13.6. The molecule has 7 nitrogen and oxygen atoms in total. The minimum Gasteiger partial charge on any atom is -0.369 e. The molecular weight excluding hydrogens is 352 g/mol. The van der Waals surface area contributed by atoms with Gasteiger partial charge in [-0.25, -0.2) is 4.98 Å². The highest BCUT2D eigenvalue weighted by Crippen LogP contribution is 2.38. The number of hydrogen-bond donors (Lipinski definition) is 2. The predicted molar refractivity (Wildman–Crippen MR) is 112 cm³/mol. The van der Waals surface area contributed by atoms with Crippen LogP contribution in [0.15, 0.2) is 30.3 Å². The smallest absolute Gasteiger partial charge is 0.261 e. The monoisotopic (exact) mass is 378 g/mol. The fourth-order valence-corrected chi connectivity index (χ4v) is 4.24. The lowest BCUT2D eigenvalue weighted by Crippen LogP contribution is -2.44. The van der Waals surface area contributed by atoms with Crippen molar-refractivity contribution in [2.75, 3.05) is 61.4 Å². The maximum absolute atomic E-state index is 12.1. The number of benzene rings is 1. The topological polar surface area (TPSA) is 77.7 Å². The van der Waals surface area contributed by atoms with Crippen LogP contribution in [-0.4, -0.2) is 68.1 Å². The van der Waals surface area contributed by atoms with E-state index in [1.165, 1.54) is 5.69 Å². The van der Waals surface area contributed by atoms with Gasteiger partial charge < -0.3 is 25.8 Å². The largest absolute Gasteiger partial charge is 0.369 e. The SMILES string of the molecule is CN1CCN(c2ccc(-c3cc4c(c(N5CCC(N)C5)n3)C(=O)N4)cc2)CC1. The second kappa shape index (κ2) is 6.76. The molecule has 1 unspecified atom stereocenters. The highest BCUT2D eigenvalue weighted by atomic mass is 16.2. The fourth-order valence-electron chi connectivity index (χ4n) is 4.24. The number of anilines is 3. The molecule has 1 atom stereocenters. The molecule has 3 aliphatic rings. The summed E-state index contributed by atoms with van der Waals surface area (Å²) in [6.07, 6.45) is 0.933. The number of fused-ring (bicyclic) bond motifs is 1. The first-order valence-electron chi connectivity index (χ1n) is 9.99.